The fraction of sp³-hybridized carbons (Fsp3) is 0.111. The Labute approximate surface area is 138 Å². The molecule has 1 N–H and O–H groups in total. The third-order valence-corrected chi connectivity index (χ3v) is 4.83. The zero-order chi connectivity index (χ0) is 15.8. The van der Waals surface area contributed by atoms with Crippen LogP contribution < -0.4 is 5.43 Å². The summed E-state index contributed by atoms with van der Waals surface area (Å²) < 4.78 is 2.13. The normalized spacial score (nSPS) is 11.7. The van der Waals surface area contributed by atoms with Crippen LogP contribution in [0, 0.1) is 13.8 Å². The molecule has 2 aromatic heterocycles. The van der Waals surface area contributed by atoms with Crippen LogP contribution >= 0.6 is 11.3 Å². The number of thiazole rings is 1. The summed E-state index contributed by atoms with van der Waals surface area (Å²) in [4.78, 5) is 5.57. The van der Waals surface area contributed by atoms with Gasteiger partial charge < -0.3 is 0 Å². The Bertz CT molecular complexity index is 1030. The first kappa shape index (κ1) is 14.0. The van der Waals surface area contributed by atoms with Gasteiger partial charge in [-0.05, 0) is 36.8 Å². The molecule has 4 nitrogen and oxygen atoms in total. The van der Waals surface area contributed by atoms with Crippen LogP contribution in [-0.2, 0) is 0 Å². The van der Waals surface area contributed by atoms with Crippen LogP contribution in [0.25, 0.3) is 15.7 Å². The van der Waals surface area contributed by atoms with Crippen molar-refractivity contribution in [1.29, 1.82) is 0 Å². The fourth-order valence-corrected chi connectivity index (χ4v) is 3.62. The Morgan fingerprint density at radius 2 is 1.96 bits per heavy atom. The molecule has 2 heterocycles. The zero-order valence-corrected chi connectivity index (χ0v) is 13.8. The van der Waals surface area contributed by atoms with Gasteiger partial charge in [-0.2, -0.15) is 5.10 Å². The van der Waals surface area contributed by atoms with E-state index in [1.807, 2.05) is 31.3 Å². The average Bonchev–Trinajstić information content (AvgIpc) is 3.07. The van der Waals surface area contributed by atoms with Crippen molar-refractivity contribution >= 4 is 39.0 Å². The molecular weight excluding hydrogens is 304 g/mol. The molecule has 0 amide bonds. The van der Waals surface area contributed by atoms with E-state index in [1.165, 1.54) is 16.5 Å². The van der Waals surface area contributed by atoms with Crippen LogP contribution in [-0.4, -0.2) is 15.6 Å². The first-order valence-corrected chi connectivity index (χ1v) is 8.31. The molecule has 0 saturated carbocycles. The summed E-state index contributed by atoms with van der Waals surface area (Å²) in [7, 11) is 0. The third-order valence-electron chi connectivity index (χ3n) is 3.88. The molecule has 0 aliphatic rings. The van der Waals surface area contributed by atoms with Gasteiger partial charge in [-0.15, -0.1) is 11.3 Å². The van der Waals surface area contributed by atoms with Crippen LogP contribution in [0.2, 0.25) is 0 Å². The lowest BCUT2D eigenvalue weighted by Crippen LogP contribution is -1.96. The van der Waals surface area contributed by atoms with Crippen molar-refractivity contribution in [2.75, 3.05) is 5.43 Å². The van der Waals surface area contributed by atoms with Gasteiger partial charge in [0, 0.05) is 11.1 Å². The summed E-state index contributed by atoms with van der Waals surface area (Å²) in [6.07, 6.45) is 1.84. The standard InChI is InChI=1S/C18H16N4S/c1-12-11-23-18-20-13(2)17(22(12)18)10-19-21-16-8-7-14-5-3-4-6-15(14)9-16/h3-11,21H,1-2H3. The van der Waals surface area contributed by atoms with E-state index in [9.17, 15) is 0 Å². The van der Waals surface area contributed by atoms with Crippen molar-refractivity contribution in [3.63, 3.8) is 0 Å². The molecule has 0 saturated heterocycles. The number of nitrogens with one attached hydrogen (secondary N) is 1. The average molecular weight is 320 g/mol. The zero-order valence-electron chi connectivity index (χ0n) is 12.9. The third kappa shape index (κ3) is 2.49. The van der Waals surface area contributed by atoms with Crippen LogP contribution in [0.1, 0.15) is 17.1 Å². The maximum absolute atomic E-state index is 4.56. The lowest BCUT2D eigenvalue weighted by atomic mass is 10.1. The van der Waals surface area contributed by atoms with Gasteiger partial charge in [0.15, 0.2) is 4.96 Å². The Morgan fingerprint density at radius 3 is 2.83 bits per heavy atom. The molecule has 0 radical (unpaired) electrons. The quantitative estimate of drug-likeness (QED) is 0.442. The number of nitrogens with zero attached hydrogens (tertiary/aromatic N) is 3. The van der Waals surface area contributed by atoms with Crippen molar-refractivity contribution in [1.82, 2.24) is 9.38 Å². The predicted octanol–water partition coefficient (Wildman–Crippen LogP) is 4.61. The number of aromatic nitrogens is 2. The Morgan fingerprint density at radius 1 is 1.13 bits per heavy atom. The minimum absolute atomic E-state index is 0.973. The van der Waals surface area contributed by atoms with Gasteiger partial charge in [0.25, 0.3) is 0 Å². The van der Waals surface area contributed by atoms with Crippen LogP contribution in [0.4, 0.5) is 5.69 Å². The number of anilines is 1. The van der Waals surface area contributed by atoms with E-state index in [2.05, 4.69) is 56.5 Å². The molecule has 114 valence electrons. The minimum atomic E-state index is 0.973. The number of rotatable bonds is 3. The van der Waals surface area contributed by atoms with Gasteiger partial charge in [0.1, 0.15) is 0 Å². The van der Waals surface area contributed by atoms with Gasteiger partial charge in [-0.25, -0.2) is 4.98 Å². The summed E-state index contributed by atoms with van der Waals surface area (Å²) in [5.74, 6) is 0. The maximum atomic E-state index is 4.56. The molecule has 0 fully saturated rings. The highest BCUT2D eigenvalue weighted by molar-refractivity contribution is 7.15. The molecular formula is C18H16N4S. The summed E-state index contributed by atoms with van der Waals surface area (Å²) in [6.45, 7) is 4.09. The molecule has 0 spiro atoms. The number of benzene rings is 2. The summed E-state index contributed by atoms with van der Waals surface area (Å²) >= 11 is 1.65. The lowest BCUT2D eigenvalue weighted by molar-refractivity contribution is 1.11. The van der Waals surface area contributed by atoms with Crippen molar-refractivity contribution in [3.8, 4) is 0 Å². The van der Waals surface area contributed by atoms with Crippen molar-refractivity contribution in [2.45, 2.75) is 13.8 Å². The minimum Gasteiger partial charge on any atom is -0.286 e. The number of imidazole rings is 1. The highest BCUT2D eigenvalue weighted by Crippen LogP contribution is 2.20. The van der Waals surface area contributed by atoms with Crippen LogP contribution in [0.15, 0.2) is 52.9 Å². The SMILES string of the molecule is Cc1nc2scc(C)n2c1C=NNc1ccc2ccccc2c1. The van der Waals surface area contributed by atoms with Gasteiger partial charge >= 0.3 is 0 Å². The van der Waals surface area contributed by atoms with E-state index >= 15 is 0 Å². The van der Waals surface area contributed by atoms with Gasteiger partial charge in [-0.1, -0.05) is 30.3 Å². The summed E-state index contributed by atoms with van der Waals surface area (Å²) in [5.41, 5.74) is 7.27. The monoisotopic (exact) mass is 320 g/mol. The highest BCUT2D eigenvalue weighted by Gasteiger charge is 2.09. The van der Waals surface area contributed by atoms with Gasteiger partial charge in [0.2, 0.25) is 0 Å². The van der Waals surface area contributed by atoms with E-state index in [1.54, 1.807) is 11.3 Å². The molecule has 0 bridgehead atoms. The molecule has 4 rings (SSSR count). The van der Waals surface area contributed by atoms with Crippen LogP contribution in [0.3, 0.4) is 0 Å². The highest BCUT2D eigenvalue weighted by atomic mass is 32.1. The second-order valence-electron chi connectivity index (χ2n) is 5.51. The van der Waals surface area contributed by atoms with Crippen molar-refractivity contribution < 1.29 is 0 Å². The number of fused-ring (bicyclic) bond motifs is 2. The number of aryl methyl sites for hydroxylation is 2. The summed E-state index contributed by atoms with van der Waals surface area (Å²) in [5, 5.41) is 8.92. The lowest BCUT2D eigenvalue weighted by Gasteiger charge is -2.03. The van der Waals surface area contributed by atoms with E-state index in [0.717, 1.165) is 22.0 Å². The largest absolute Gasteiger partial charge is 0.286 e. The Kier molecular flexibility index (Phi) is 3.35. The first-order valence-electron chi connectivity index (χ1n) is 7.43. The first-order chi connectivity index (χ1) is 11.2. The van der Waals surface area contributed by atoms with Gasteiger partial charge in [-0.3, -0.25) is 9.83 Å². The fourth-order valence-electron chi connectivity index (χ4n) is 2.70. The smallest absolute Gasteiger partial charge is 0.194 e. The van der Waals surface area contributed by atoms with Gasteiger partial charge in [0.05, 0.1) is 23.3 Å². The number of hydrazone groups is 1. The molecule has 23 heavy (non-hydrogen) atoms. The molecule has 4 aromatic rings. The molecule has 5 heteroatoms. The molecule has 0 atom stereocenters. The number of hydrogen-bond acceptors (Lipinski definition) is 4. The maximum Gasteiger partial charge on any atom is 0.194 e. The van der Waals surface area contributed by atoms with Crippen molar-refractivity contribution in [2.24, 2.45) is 5.10 Å². The molecule has 0 unspecified atom stereocenters. The van der Waals surface area contributed by atoms with Crippen molar-refractivity contribution in [3.05, 3.63) is 64.9 Å². The van der Waals surface area contributed by atoms with E-state index in [0.29, 0.717) is 0 Å². The predicted molar refractivity (Wildman–Crippen MR) is 97.7 cm³/mol. The molecule has 0 aliphatic carbocycles. The second-order valence-corrected chi connectivity index (χ2v) is 6.35. The molecule has 2 aromatic carbocycles. The second kappa shape index (κ2) is 5.52. The Balaban J connectivity index is 1.62. The Hall–Kier alpha value is -2.66. The topological polar surface area (TPSA) is 41.7 Å². The van der Waals surface area contributed by atoms with Crippen LogP contribution in [0.5, 0.6) is 0 Å². The van der Waals surface area contributed by atoms with E-state index < -0.39 is 0 Å². The summed E-state index contributed by atoms with van der Waals surface area (Å²) in [6, 6.07) is 14.5. The van der Waals surface area contributed by atoms with E-state index in [4.69, 9.17) is 0 Å². The van der Waals surface area contributed by atoms with E-state index in [-0.39, 0.29) is 0 Å². The molecule has 0 aliphatic heterocycles. The number of hydrogen-bond donors (Lipinski definition) is 1.